The molecule has 1 amide bonds. The van der Waals surface area contributed by atoms with Crippen LogP contribution in [0.2, 0.25) is 0 Å². The quantitative estimate of drug-likeness (QED) is 0.805. The molecular weight excluding hydrogens is 286 g/mol. The Hall–Kier alpha value is -2.24. The lowest BCUT2D eigenvalue weighted by Gasteiger charge is -2.36. The molecule has 22 heavy (non-hydrogen) atoms. The fourth-order valence-electron chi connectivity index (χ4n) is 2.45. The SMILES string of the molecule is COC(=O)C1Cc2cccc(O)c2CN1C(=O)OC(C)(C)C. The molecule has 1 aromatic rings. The number of amides is 1. The van der Waals surface area contributed by atoms with Gasteiger partial charge in [0.25, 0.3) is 0 Å². The summed E-state index contributed by atoms with van der Waals surface area (Å²) in [5.41, 5.74) is 0.792. The number of rotatable bonds is 1. The molecule has 1 aromatic carbocycles. The number of carbonyl (C=O) groups is 2. The van der Waals surface area contributed by atoms with Gasteiger partial charge >= 0.3 is 12.1 Å². The third-order valence-corrected chi connectivity index (χ3v) is 3.47. The second-order valence-electron chi connectivity index (χ2n) is 6.27. The second kappa shape index (κ2) is 5.87. The third-order valence-electron chi connectivity index (χ3n) is 3.47. The minimum absolute atomic E-state index is 0.106. The first-order valence-corrected chi connectivity index (χ1v) is 7.10. The number of phenols is 1. The number of hydrogen-bond donors (Lipinski definition) is 1. The maximum Gasteiger partial charge on any atom is 0.411 e. The van der Waals surface area contributed by atoms with Crippen LogP contribution in [0.15, 0.2) is 18.2 Å². The summed E-state index contributed by atoms with van der Waals surface area (Å²) in [6.45, 7) is 5.38. The van der Waals surface area contributed by atoms with Crippen LogP contribution in [0.5, 0.6) is 5.75 Å². The highest BCUT2D eigenvalue weighted by Crippen LogP contribution is 2.31. The molecule has 0 spiro atoms. The van der Waals surface area contributed by atoms with Gasteiger partial charge in [-0.25, -0.2) is 9.59 Å². The van der Waals surface area contributed by atoms with E-state index in [1.807, 2.05) is 6.07 Å². The van der Waals surface area contributed by atoms with E-state index >= 15 is 0 Å². The Bertz CT molecular complexity index is 591. The molecule has 0 bridgehead atoms. The van der Waals surface area contributed by atoms with Gasteiger partial charge in [0.2, 0.25) is 0 Å². The van der Waals surface area contributed by atoms with Crippen molar-refractivity contribution in [1.82, 2.24) is 4.90 Å². The van der Waals surface area contributed by atoms with E-state index in [1.54, 1.807) is 32.9 Å². The van der Waals surface area contributed by atoms with Gasteiger partial charge < -0.3 is 14.6 Å². The molecule has 6 nitrogen and oxygen atoms in total. The van der Waals surface area contributed by atoms with Crippen molar-refractivity contribution in [2.75, 3.05) is 7.11 Å². The second-order valence-corrected chi connectivity index (χ2v) is 6.27. The van der Waals surface area contributed by atoms with Gasteiger partial charge in [-0.15, -0.1) is 0 Å². The molecule has 1 N–H and O–H groups in total. The number of hydrogen-bond acceptors (Lipinski definition) is 5. The largest absolute Gasteiger partial charge is 0.508 e. The van der Waals surface area contributed by atoms with E-state index < -0.39 is 23.7 Å². The summed E-state index contributed by atoms with van der Waals surface area (Å²) in [5.74, 6) is -0.394. The maximum absolute atomic E-state index is 12.4. The Morgan fingerprint density at radius 3 is 2.59 bits per heavy atom. The van der Waals surface area contributed by atoms with Crippen molar-refractivity contribution in [2.24, 2.45) is 0 Å². The number of esters is 1. The van der Waals surface area contributed by atoms with E-state index in [9.17, 15) is 14.7 Å². The molecule has 1 atom stereocenters. The molecule has 0 saturated heterocycles. The lowest BCUT2D eigenvalue weighted by Crippen LogP contribution is -2.50. The van der Waals surface area contributed by atoms with Crippen LogP contribution >= 0.6 is 0 Å². The molecular formula is C16H21NO5. The molecule has 0 aliphatic carbocycles. The molecule has 0 radical (unpaired) electrons. The van der Waals surface area contributed by atoms with E-state index in [0.717, 1.165) is 5.56 Å². The standard InChI is InChI=1S/C16H21NO5/c1-16(2,3)22-15(20)17-9-11-10(6-5-7-13(11)18)8-12(17)14(19)21-4/h5-7,12,18H,8-9H2,1-4H3. The van der Waals surface area contributed by atoms with Crippen LogP contribution in [-0.2, 0) is 27.2 Å². The number of carbonyl (C=O) groups excluding carboxylic acids is 2. The van der Waals surface area contributed by atoms with E-state index in [2.05, 4.69) is 0 Å². The Balaban J connectivity index is 2.35. The topological polar surface area (TPSA) is 76.1 Å². The van der Waals surface area contributed by atoms with Crippen molar-refractivity contribution in [3.8, 4) is 5.75 Å². The van der Waals surface area contributed by atoms with Gasteiger partial charge in [-0.2, -0.15) is 0 Å². The number of phenolic OH excluding ortho intramolecular Hbond substituents is 1. The molecule has 1 heterocycles. The van der Waals surface area contributed by atoms with E-state index in [4.69, 9.17) is 9.47 Å². The van der Waals surface area contributed by atoms with Crippen LogP contribution in [0, 0.1) is 0 Å². The average molecular weight is 307 g/mol. The van der Waals surface area contributed by atoms with Gasteiger partial charge in [0.05, 0.1) is 13.7 Å². The van der Waals surface area contributed by atoms with Crippen molar-refractivity contribution in [1.29, 1.82) is 0 Å². The number of methoxy groups -OCH3 is 1. The van der Waals surface area contributed by atoms with Crippen LogP contribution < -0.4 is 0 Å². The molecule has 0 aromatic heterocycles. The molecule has 2 rings (SSSR count). The van der Waals surface area contributed by atoms with Crippen LogP contribution in [-0.4, -0.2) is 40.8 Å². The van der Waals surface area contributed by atoms with E-state index in [1.165, 1.54) is 12.0 Å². The van der Waals surface area contributed by atoms with Crippen LogP contribution in [0.25, 0.3) is 0 Å². The highest BCUT2D eigenvalue weighted by atomic mass is 16.6. The molecule has 6 heteroatoms. The predicted octanol–water partition coefficient (Wildman–Crippen LogP) is 2.23. The zero-order valence-corrected chi connectivity index (χ0v) is 13.3. The molecule has 120 valence electrons. The first kappa shape index (κ1) is 16.1. The van der Waals surface area contributed by atoms with Gasteiger partial charge in [-0.05, 0) is 32.4 Å². The number of nitrogens with zero attached hydrogens (tertiary/aromatic N) is 1. The Labute approximate surface area is 129 Å². The summed E-state index contributed by atoms with van der Waals surface area (Å²) < 4.78 is 10.1. The van der Waals surface area contributed by atoms with Gasteiger partial charge in [-0.1, -0.05) is 12.1 Å². The summed E-state index contributed by atoms with van der Waals surface area (Å²) in [6, 6.07) is 4.35. The summed E-state index contributed by atoms with van der Waals surface area (Å²) in [5, 5.41) is 9.98. The fourth-order valence-corrected chi connectivity index (χ4v) is 2.45. The maximum atomic E-state index is 12.4. The lowest BCUT2D eigenvalue weighted by atomic mass is 9.93. The predicted molar refractivity (Wildman–Crippen MR) is 79.4 cm³/mol. The summed E-state index contributed by atoms with van der Waals surface area (Å²) in [7, 11) is 1.29. The van der Waals surface area contributed by atoms with Gasteiger partial charge in [0.15, 0.2) is 0 Å². The molecule has 0 saturated carbocycles. The van der Waals surface area contributed by atoms with E-state index in [-0.39, 0.29) is 18.7 Å². The molecule has 1 aliphatic rings. The molecule has 0 fully saturated rings. The monoisotopic (exact) mass is 307 g/mol. The number of ether oxygens (including phenoxy) is 2. The fraction of sp³-hybridized carbons (Fsp3) is 0.500. The zero-order valence-electron chi connectivity index (χ0n) is 13.3. The Kier molecular flexibility index (Phi) is 4.30. The van der Waals surface area contributed by atoms with Crippen molar-refractivity contribution < 1.29 is 24.2 Å². The van der Waals surface area contributed by atoms with Gasteiger partial charge in [-0.3, -0.25) is 4.90 Å². The zero-order chi connectivity index (χ0) is 16.5. The summed E-state index contributed by atoms with van der Waals surface area (Å²) in [4.78, 5) is 25.7. The van der Waals surface area contributed by atoms with Gasteiger partial charge in [0, 0.05) is 12.0 Å². The Morgan fingerprint density at radius 2 is 2.00 bits per heavy atom. The summed E-state index contributed by atoms with van der Waals surface area (Å²) >= 11 is 0. The van der Waals surface area contributed by atoms with Crippen molar-refractivity contribution in [3.63, 3.8) is 0 Å². The molecule has 1 aliphatic heterocycles. The third kappa shape index (κ3) is 3.32. The van der Waals surface area contributed by atoms with E-state index in [0.29, 0.717) is 5.56 Å². The Morgan fingerprint density at radius 1 is 1.32 bits per heavy atom. The minimum atomic E-state index is -0.755. The van der Waals surface area contributed by atoms with Crippen molar-refractivity contribution in [2.45, 2.75) is 45.4 Å². The highest BCUT2D eigenvalue weighted by Gasteiger charge is 2.38. The normalized spacial score (nSPS) is 17.6. The smallest absolute Gasteiger partial charge is 0.411 e. The van der Waals surface area contributed by atoms with Crippen molar-refractivity contribution in [3.05, 3.63) is 29.3 Å². The number of benzene rings is 1. The first-order valence-electron chi connectivity index (χ1n) is 7.10. The summed E-state index contributed by atoms with van der Waals surface area (Å²) in [6.07, 6.45) is -0.313. The van der Waals surface area contributed by atoms with Crippen LogP contribution in [0.4, 0.5) is 4.79 Å². The minimum Gasteiger partial charge on any atom is -0.508 e. The number of aromatic hydroxyl groups is 1. The van der Waals surface area contributed by atoms with Crippen LogP contribution in [0.3, 0.4) is 0 Å². The van der Waals surface area contributed by atoms with Crippen molar-refractivity contribution >= 4 is 12.1 Å². The average Bonchev–Trinajstić information content (AvgIpc) is 2.43. The number of fused-ring (bicyclic) bond motifs is 1. The highest BCUT2D eigenvalue weighted by molar-refractivity contribution is 5.82. The van der Waals surface area contributed by atoms with Gasteiger partial charge in [0.1, 0.15) is 17.4 Å². The molecule has 1 unspecified atom stereocenters. The lowest BCUT2D eigenvalue weighted by molar-refractivity contribution is -0.147. The first-order chi connectivity index (χ1) is 10.2. The van der Waals surface area contributed by atoms with Crippen LogP contribution in [0.1, 0.15) is 31.9 Å².